The quantitative estimate of drug-likeness (QED) is 0.566. The number of benzene rings is 2. The Labute approximate surface area is 170 Å². The molecule has 0 spiro atoms. The first-order valence-electron chi connectivity index (χ1n) is 9.91. The van der Waals surface area contributed by atoms with Gasteiger partial charge in [-0.3, -0.25) is 19.8 Å². The summed E-state index contributed by atoms with van der Waals surface area (Å²) in [5, 5.41) is 14.2. The number of piperidine rings is 1. The molecule has 0 saturated carbocycles. The summed E-state index contributed by atoms with van der Waals surface area (Å²) < 4.78 is 5.26. The molecular formula is C22H27N3O4. The molecule has 154 valence electrons. The number of hydrogen-bond acceptors (Lipinski definition) is 5. The monoisotopic (exact) mass is 397 g/mol. The minimum atomic E-state index is -0.458. The van der Waals surface area contributed by atoms with Gasteiger partial charge in [-0.1, -0.05) is 24.6 Å². The maximum absolute atomic E-state index is 12.8. The minimum absolute atomic E-state index is 0.0413. The molecule has 1 fully saturated rings. The zero-order valence-electron chi connectivity index (χ0n) is 16.9. The van der Waals surface area contributed by atoms with E-state index in [1.807, 2.05) is 24.3 Å². The van der Waals surface area contributed by atoms with Crippen LogP contribution < -0.4 is 10.1 Å². The van der Waals surface area contributed by atoms with Gasteiger partial charge >= 0.3 is 0 Å². The Bertz CT molecular complexity index is 861. The average molecular weight is 397 g/mol. The van der Waals surface area contributed by atoms with Crippen LogP contribution in [0.2, 0.25) is 0 Å². The van der Waals surface area contributed by atoms with E-state index >= 15 is 0 Å². The number of nitro benzene ring substituents is 1. The van der Waals surface area contributed by atoms with E-state index in [0.717, 1.165) is 37.2 Å². The van der Waals surface area contributed by atoms with E-state index in [9.17, 15) is 14.9 Å². The molecule has 0 aliphatic carbocycles. The van der Waals surface area contributed by atoms with Crippen molar-refractivity contribution >= 4 is 11.6 Å². The van der Waals surface area contributed by atoms with Crippen LogP contribution in [0.15, 0.2) is 42.5 Å². The fourth-order valence-corrected chi connectivity index (χ4v) is 3.87. The van der Waals surface area contributed by atoms with Gasteiger partial charge in [-0.05, 0) is 56.6 Å². The first kappa shape index (κ1) is 20.8. The molecule has 1 saturated heterocycles. The maximum Gasteiger partial charge on any atom is 0.273 e. The van der Waals surface area contributed by atoms with Crippen molar-refractivity contribution in [1.29, 1.82) is 0 Å². The molecule has 7 heteroatoms. The molecule has 0 radical (unpaired) electrons. The van der Waals surface area contributed by atoms with Gasteiger partial charge in [0.05, 0.1) is 18.1 Å². The fourth-order valence-electron chi connectivity index (χ4n) is 3.87. The van der Waals surface area contributed by atoms with E-state index < -0.39 is 4.92 Å². The molecule has 1 aliphatic heterocycles. The highest BCUT2D eigenvalue weighted by Gasteiger charge is 2.24. The number of carbonyl (C=O) groups excluding carboxylic acids is 1. The molecule has 1 N–H and O–H groups in total. The molecule has 0 aromatic heterocycles. The van der Waals surface area contributed by atoms with E-state index in [-0.39, 0.29) is 17.6 Å². The number of hydrogen-bond donors (Lipinski definition) is 1. The number of amides is 1. The Morgan fingerprint density at radius 1 is 1.17 bits per heavy atom. The van der Waals surface area contributed by atoms with Crippen molar-refractivity contribution in [2.45, 2.75) is 32.2 Å². The third-order valence-corrected chi connectivity index (χ3v) is 5.53. The second-order valence-electron chi connectivity index (χ2n) is 7.30. The van der Waals surface area contributed by atoms with Gasteiger partial charge in [0.2, 0.25) is 0 Å². The Morgan fingerprint density at radius 2 is 1.86 bits per heavy atom. The lowest BCUT2D eigenvalue weighted by Gasteiger charge is -2.35. The molecule has 1 heterocycles. The number of rotatable bonds is 7. The SMILES string of the molecule is COc1ccc(C(CNC(=O)c2cccc([N+](=O)[O-])c2C)N2CCCCC2)cc1. The Kier molecular flexibility index (Phi) is 6.82. The lowest BCUT2D eigenvalue weighted by Crippen LogP contribution is -2.40. The van der Waals surface area contributed by atoms with Gasteiger partial charge in [0.1, 0.15) is 5.75 Å². The summed E-state index contributed by atoms with van der Waals surface area (Å²) in [7, 11) is 1.64. The highest BCUT2D eigenvalue weighted by atomic mass is 16.6. The third-order valence-electron chi connectivity index (χ3n) is 5.53. The molecule has 2 aromatic carbocycles. The van der Waals surface area contributed by atoms with Crippen molar-refractivity contribution in [2.75, 3.05) is 26.7 Å². The highest BCUT2D eigenvalue weighted by Crippen LogP contribution is 2.26. The molecule has 7 nitrogen and oxygen atoms in total. The van der Waals surface area contributed by atoms with Crippen molar-refractivity contribution in [1.82, 2.24) is 10.2 Å². The van der Waals surface area contributed by atoms with Crippen molar-refractivity contribution in [3.05, 3.63) is 69.3 Å². The topological polar surface area (TPSA) is 84.7 Å². The Hall–Kier alpha value is -2.93. The van der Waals surface area contributed by atoms with Gasteiger partial charge in [-0.2, -0.15) is 0 Å². The van der Waals surface area contributed by atoms with Crippen LogP contribution in [0.3, 0.4) is 0 Å². The first-order valence-corrected chi connectivity index (χ1v) is 9.91. The van der Waals surface area contributed by atoms with E-state index in [1.54, 1.807) is 26.2 Å². The van der Waals surface area contributed by atoms with Crippen LogP contribution in [0.4, 0.5) is 5.69 Å². The van der Waals surface area contributed by atoms with E-state index in [2.05, 4.69) is 10.2 Å². The zero-order chi connectivity index (χ0) is 20.8. The molecule has 1 aliphatic rings. The maximum atomic E-state index is 12.8. The average Bonchev–Trinajstić information content (AvgIpc) is 2.75. The van der Waals surface area contributed by atoms with Crippen molar-refractivity contribution < 1.29 is 14.5 Å². The van der Waals surface area contributed by atoms with Gasteiger partial charge in [0, 0.05) is 23.7 Å². The number of nitrogens with zero attached hydrogens (tertiary/aromatic N) is 2. The van der Waals surface area contributed by atoms with Crippen LogP contribution in [0, 0.1) is 17.0 Å². The zero-order valence-corrected chi connectivity index (χ0v) is 16.9. The number of nitrogens with one attached hydrogen (secondary N) is 1. The van der Waals surface area contributed by atoms with Crippen LogP contribution in [-0.4, -0.2) is 42.5 Å². The van der Waals surface area contributed by atoms with Crippen molar-refractivity contribution in [2.24, 2.45) is 0 Å². The number of nitro groups is 1. The van der Waals surface area contributed by atoms with Gasteiger partial charge in [-0.25, -0.2) is 0 Å². The van der Waals surface area contributed by atoms with Crippen molar-refractivity contribution in [3.8, 4) is 5.75 Å². The molecule has 2 aromatic rings. The Balaban J connectivity index is 1.78. The Morgan fingerprint density at radius 3 is 2.48 bits per heavy atom. The molecule has 0 bridgehead atoms. The van der Waals surface area contributed by atoms with Gasteiger partial charge in [0.15, 0.2) is 0 Å². The lowest BCUT2D eigenvalue weighted by atomic mass is 10.0. The summed E-state index contributed by atoms with van der Waals surface area (Å²) in [6, 6.07) is 12.6. The number of methoxy groups -OCH3 is 1. The molecule has 1 atom stereocenters. The largest absolute Gasteiger partial charge is 0.497 e. The summed E-state index contributed by atoms with van der Waals surface area (Å²) in [5.41, 5.74) is 1.80. The summed E-state index contributed by atoms with van der Waals surface area (Å²) in [6.07, 6.45) is 3.51. The minimum Gasteiger partial charge on any atom is -0.497 e. The molecule has 3 rings (SSSR count). The number of ether oxygens (including phenoxy) is 1. The molecular weight excluding hydrogens is 370 g/mol. The standard InChI is InChI=1S/C22H27N3O4/c1-16-19(7-6-8-20(16)25(27)28)22(26)23-15-21(24-13-4-3-5-14-24)17-9-11-18(29-2)12-10-17/h6-12,21H,3-5,13-15H2,1-2H3,(H,23,26). The molecule has 29 heavy (non-hydrogen) atoms. The van der Waals surface area contributed by atoms with Crippen LogP contribution in [0.1, 0.15) is 46.8 Å². The summed E-state index contributed by atoms with van der Waals surface area (Å²) in [5.74, 6) is 0.504. The van der Waals surface area contributed by atoms with Gasteiger partial charge < -0.3 is 10.1 Å². The fraction of sp³-hybridized carbons (Fsp3) is 0.409. The van der Waals surface area contributed by atoms with E-state index in [4.69, 9.17) is 4.74 Å². The second kappa shape index (κ2) is 9.52. The second-order valence-corrected chi connectivity index (χ2v) is 7.30. The predicted octanol–water partition coefficient (Wildman–Crippen LogP) is 3.87. The number of likely N-dealkylation sites (tertiary alicyclic amines) is 1. The smallest absolute Gasteiger partial charge is 0.273 e. The van der Waals surface area contributed by atoms with E-state index in [1.165, 1.54) is 12.5 Å². The van der Waals surface area contributed by atoms with Gasteiger partial charge in [0.25, 0.3) is 11.6 Å². The lowest BCUT2D eigenvalue weighted by molar-refractivity contribution is -0.385. The predicted molar refractivity (Wildman–Crippen MR) is 111 cm³/mol. The molecule has 1 amide bonds. The molecule has 1 unspecified atom stereocenters. The number of carbonyl (C=O) groups is 1. The summed E-state index contributed by atoms with van der Waals surface area (Å²) >= 11 is 0. The third kappa shape index (κ3) is 4.92. The van der Waals surface area contributed by atoms with Crippen LogP contribution in [-0.2, 0) is 0 Å². The van der Waals surface area contributed by atoms with Gasteiger partial charge in [-0.15, -0.1) is 0 Å². The van der Waals surface area contributed by atoms with Crippen LogP contribution in [0.5, 0.6) is 5.75 Å². The van der Waals surface area contributed by atoms with E-state index in [0.29, 0.717) is 17.7 Å². The summed E-state index contributed by atoms with van der Waals surface area (Å²) in [6.45, 7) is 4.02. The first-order chi connectivity index (χ1) is 14.0. The summed E-state index contributed by atoms with van der Waals surface area (Å²) in [4.78, 5) is 25.9. The van der Waals surface area contributed by atoms with Crippen LogP contribution >= 0.6 is 0 Å². The van der Waals surface area contributed by atoms with Crippen molar-refractivity contribution in [3.63, 3.8) is 0 Å². The van der Waals surface area contributed by atoms with Crippen LogP contribution in [0.25, 0.3) is 0 Å². The normalized spacial score (nSPS) is 15.5. The highest BCUT2D eigenvalue weighted by molar-refractivity contribution is 5.96.